The minimum absolute atomic E-state index is 0.182. The average molecular weight is 375 g/mol. The van der Waals surface area contributed by atoms with Crippen molar-refractivity contribution < 1.29 is 14.7 Å². The van der Waals surface area contributed by atoms with Gasteiger partial charge in [0.15, 0.2) is 0 Å². The zero-order valence-corrected chi connectivity index (χ0v) is 14.3. The van der Waals surface area contributed by atoms with E-state index in [1.54, 1.807) is 16.2 Å². The average Bonchev–Trinajstić information content (AvgIpc) is 3.04. The van der Waals surface area contributed by atoms with Gasteiger partial charge in [0.05, 0.1) is 15.7 Å². The van der Waals surface area contributed by atoms with E-state index in [4.69, 9.17) is 0 Å². The number of halogens is 1. The quantitative estimate of drug-likeness (QED) is 0.830. The van der Waals surface area contributed by atoms with Gasteiger partial charge in [-0.15, -0.1) is 11.3 Å². The number of likely N-dealkylation sites (tertiary alicyclic amines) is 1. The van der Waals surface area contributed by atoms with Crippen molar-refractivity contribution in [2.75, 3.05) is 13.1 Å². The van der Waals surface area contributed by atoms with Gasteiger partial charge in [0.1, 0.15) is 0 Å². The molecule has 21 heavy (non-hydrogen) atoms. The van der Waals surface area contributed by atoms with E-state index in [2.05, 4.69) is 21.2 Å². The number of thiophene rings is 1. The van der Waals surface area contributed by atoms with Crippen LogP contribution in [0.1, 0.15) is 31.1 Å². The molecule has 0 aromatic carbocycles. The summed E-state index contributed by atoms with van der Waals surface area (Å²) in [6.45, 7) is 3.25. The Morgan fingerprint density at radius 3 is 2.86 bits per heavy atom. The fraction of sp³-hybridized carbons (Fsp3) is 0.571. The third-order valence-electron chi connectivity index (χ3n) is 3.87. The Morgan fingerprint density at radius 2 is 2.29 bits per heavy atom. The molecule has 2 rings (SSSR count). The van der Waals surface area contributed by atoms with Crippen LogP contribution in [0.2, 0.25) is 0 Å². The Balaban J connectivity index is 1.91. The number of carbonyl (C=O) groups is 2. The molecule has 7 heteroatoms. The largest absolute Gasteiger partial charge is 0.481 e. The van der Waals surface area contributed by atoms with E-state index < -0.39 is 11.4 Å². The number of rotatable bonds is 5. The van der Waals surface area contributed by atoms with Gasteiger partial charge in [0.2, 0.25) is 0 Å². The molecule has 0 aliphatic carbocycles. The number of carboxylic acid groups (broad SMARTS) is 1. The Morgan fingerprint density at radius 1 is 1.52 bits per heavy atom. The van der Waals surface area contributed by atoms with Gasteiger partial charge < -0.3 is 15.3 Å². The molecule has 1 unspecified atom stereocenters. The highest BCUT2D eigenvalue weighted by Gasteiger charge is 2.45. The highest BCUT2D eigenvalue weighted by Crippen LogP contribution is 2.35. The van der Waals surface area contributed by atoms with Crippen LogP contribution in [0.5, 0.6) is 0 Å². The van der Waals surface area contributed by atoms with Crippen molar-refractivity contribution in [2.45, 2.75) is 32.7 Å². The van der Waals surface area contributed by atoms with E-state index >= 15 is 0 Å². The lowest BCUT2D eigenvalue weighted by atomic mass is 9.83. The summed E-state index contributed by atoms with van der Waals surface area (Å²) >= 11 is 4.96. The molecule has 1 aromatic heterocycles. The van der Waals surface area contributed by atoms with Gasteiger partial charge in [-0.1, -0.05) is 13.3 Å². The van der Waals surface area contributed by atoms with Crippen LogP contribution in [-0.4, -0.2) is 35.1 Å². The lowest BCUT2D eigenvalue weighted by Crippen LogP contribution is -2.41. The van der Waals surface area contributed by atoms with Gasteiger partial charge in [0, 0.05) is 18.0 Å². The van der Waals surface area contributed by atoms with Crippen molar-refractivity contribution in [3.63, 3.8) is 0 Å². The number of carboxylic acids is 1. The van der Waals surface area contributed by atoms with Crippen LogP contribution in [-0.2, 0) is 11.3 Å². The zero-order chi connectivity index (χ0) is 15.5. The predicted octanol–water partition coefficient (Wildman–Crippen LogP) is 3.30. The topological polar surface area (TPSA) is 69.6 Å². The molecule has 1 saturated heterocycles. The number of nitrogens with zero attached hydrogens (tertiary/aromatic N) is 1. The van der Waals surface area contributed by atoms with Gasteiger partial charge in [-0.25, -0.2) is 4.79 Å². The molecule has 0 bridgehead atoms. The summed E-state index contributed by atoms with van der Waals surface area (Å²) < 4.78 is 1.03. The zero-order valence-electron chi connectivity index (χ0n) is 11.9. The van der Waals surface area contributed by atoms with Gasteiger partial charge in [-0.05, 0) is 40.9 Å². The van der Waals surface area contributed by atoms with Crippen LogP contribution in [0.25, 0.3) is 0 Å². The molecule has 0 radical (unpaired) electrons. The molecule has 1 atom stereocenters. The highest BCUT2D eigenvalue weighted by atomic mass is 79.9. The molecule has 2 heterocycles. The molecule has 116 valence electrons. The molecule has 2 amide bonds. The second-order valence-electron chi connectivity index (χ2n) is 5.37. The maximum atomic E-state index is 12.2. The Kier molecular flexibility index (Phi) is 5.27. The van der Waals surface area contributed by atoms with Crippen molar-refractivity contribution in [3.05, 3.63) is 20.8 Å². The van der Waals surface area contributed by atoms with Crippen molar-refractivity contribution in [1.82, 2.24) is 10.2 Å². The first-order chi connectivity index (χ1) is 9.97. The van der Waals surface area contributed by atoms with Crippen molar-refractivity contribution in [2.24, 2.45) is 5.41 Å². The fourth-order valence-corrected chi connectivity index (χ4v) is 4.15. The van der Waals surface area contributed by atoms with Crippen molar-refractivity contribution >= 4 is 39.3 Å². The van der Waals surface area contributed by atoms with Crippen molar-refractivity contribution in [3.8, 4) is 0 Å². The van der Waals surface area contributed by atoms with Crippen LogP contribution in [0.4, 0.5) is 4.79 Å². The summed E-state index contributed by atoms with van der Waals surface area (Å²) in [5.74, 6) is -0.790. The smallest absolute Gasteiger partial charge is 0.317 e. The highest BCUT2D eigenvalue weighted by molar-refractivity contribution is 9.11. The summed E-state index contributed by atoms with van der Waals surface area (Å²) in [7, 11) is 0. The van der Waals surface area contributed by atoms with Crippen LogP contribution >= 0.6 is 27.3 Å². The van der Waals surface area contributed by atoms with Gasteiger partial charge in [-0.3, -0.25) is 4.79 Å². The summed E-state index contributed by atoms with van der Waals surface area (Å²) in [5, 5.41) is 12.3. The predicted molar refractivity (Wildman–Crippen MR) is 85.4 cm³/mol. The third kappa shape index (κ3) is 3.77. The summed E-state index contributed by atoms with van der Waals surface area (Å²) in [4.78, 5) is 26.3. The first kappa shape index (κ1) is 16.3. The van der Waals surface area contributed by atoms with Crippen LogP contribution in [0, 0.1) is 5.41 Å². The Hall–Kier alpha value is -1.08. The molecule has 1 aromatic rings. The number of aliphatic carboxylic acids is 1. The number of nitrogens with one attached hydrogen (secondary N) is 1. The lowest BCUT2D eigenvalue weighted by Gasteiger charge is -2.24. The van der Waals surface area contributed by atoms with Crippen LogP contribution in [0.15, 0.2) is 15.9 Å². The van der Waals surface area contributed by atoms with Gasteiger partial charge >= 0.3 is 12.0 Å². The van der Waals surface area contributed by atoms with E-state index in [1.165, 1.54) is 0 Å². The second-order valence-corrected chi connectivity index (χ2v) is 7.92. The van der Waals surface area contributed by atoms with E-state index in [9.17, 15) is 14.7 Å². The molecule has 1 fully saturated rings. The van der Waals surface area contributed by atoms with Crippen molar-refractivity contribution in [1.29, 1.82) is 0 Å². The normalized spacial score (nSPS) is 21.5. The SMILES string of the molecule is CCCC1(C(=O)O)CCN(C(=O)NCc2ccc(Br)s2)C1. The summed E-state index contributed by atoms with van der Waals surface area (Å²) in [5.41, 5.74) is -0.766. The number of carbonyl (C=O) groups excluding carboxylic acids is 1. The summed E-state index contributed by atoms with van der Waals surface area (Å²) in [6.07, 6.45) is 1.96. The summed E-state index contributed by atoms with van der Waals surface area (Å²) in [6, 6.07) is 3.72. The maximum Gasteiger partial charge on any atom is 0.317 e. The fourth-order valence-electron chi connectivity index (χ4n) is 2.73. The second kappa shape index (κ2) is 6.79. The van der Waals surface area contributed by atoms with Crippen LogP contribution in [0.3, 0.4) is 0 Å². The number of amides is 2. The van der Waals surface area contributed by atoms with E-state index in [0.29, 0.717) is 32.5 Å². The van der Waals surface area contributed by atoms with E-state index in [0.717, 1.165) is 15.1 Å². The first-order valence-corrected chi connectivity index (χ1v) is 8.58. The molecule has 0 saturated carbocycles. The number of urea groups is 1. The Labute approximate surface area is 136 Å². The number of hydrogen-bond donors (Lipinski definition) is 2. The van der Waals surface area contributed by atoms with Gasteiger partial charge in [-0.2, -0.15) is 0 Å². The molecule has 5 nitrogen and oxygen atoms in total. The van der Waals surface area contributed by atoms with Gasteiger partial charge in [0.25, 0.3) is 0 Å². The minimum atomic E-state index is -0.790. The monoisotopic (exact) mass is 374 g/mol. The molecule has 1 aliphatic heterocycles. The first-order valence-electron chi connectivity index (χ1n) is 6.97. The number of hydrogen-bond acceptors (Lipinski definition) is 3. The molecule has 1 aliphatic rings. The Bertz CT molecular complexity index is 534. The lowest BCUT2D eigenvalue weighted by molar-refractivity contribution is -0.148. The van der Waals surface area contributed by atoms with E-state index in [1.807, 2.05) is 19.1 Å². The molecular formula is C14H19BrN2O3S. The molecular weight excluding hydrogens is 356 g/mol. The maximum absolute atomic E-state index is 12.2. The van der Waals surface area contributed by atoms with E-state index in [-0.39, 0.29) is 6.03 Å². The van der Waals surface area contributed by atoms with Crippen LogP contribution < -0.4 is 5.32 Å². The standard InChI is InChI=1S/C14H19BrN2O3S/c1-2-5-14(12(18)19)6-7-17(9-14)13(20)16-8-10-3-4-11(15)21-10/h3-4H,2,5-9H2,1H3,(H,16,20)(H,18,19). The molecule has 0 spiro atoms. The third-order valence-corrected chi connectivity index (χ3v) is 5.49. The minimum Gasteiger partial charge on any atom is -0.481 e. The molecule has 2 N–H and O–H groups in total.